The van der Waals surface area contributed by atoms with Crippen LogP contribution in [0.15, 0.2) is 12.1 Å². The van der Waals surface area contributed by atoms with Crippen molar-refractivity contribution < 1.29 is 27.5 Å². The molecule has 0 aromatic heterocycles. The van der Waals surface area contributed by atoms with Gasteiger partial charge in [0.05, 0.1) is 0 Å². The Hall–Kier alpha value is -1.92. The Balaban J connectivity index is 2.70. The topological polar surface area (TPSA) is 47.6 Å². The van der Waals surface area contributed by atoms with Crippen molar-refractivity contribution in [2.75, 3.05) is 0 Å². The summed E-state index contributed by atoms with van der Waals surface area (Å²) in [5.74, 6) is -5.02. The van der Waals surface area contributed by atoms with Crippen LogP contribution in [-0.4, -0.2) is 11.7 Å². The molecule has 0 bridgehead atoms. The first-order valence-corrected chi connectivity index (χ1v) is 5.00. The third-order valence-corrected chi connectivity index (χ3v) is 1.64. The number of ether oxygens (including phenoxy) is 1. The maximum Gasteiger partial charge on any atom is 0.441 e. The molecule has 1 aromatic rings. The van der Waals surface area contributed by atoms with E-state index in [1.807, 2.05) is 0 Å². The van der Waals surface area contributed by atoms with Crippen molar-refractivity contribution >= 4 is 6.09 Å². The van der Waals surface area contributed by atoms with Gasteiger partial charge in [-0.15, -0.1) is 0 Å². The smallest absolute Gasteiger partial charge is 0.441 e. The molecular formula is C11H12F3NO3. The maximum absolute atomic E-state index is 13.1. The van der Waals surface area contributed by atoms with E-state index in [0.717, 1.165) is 0 Å². The number of hydroxylamine groups is 1. The molecule has 0 saturated carbocycles. The number of rotatable bonds is 2. The normalized spacial score (nSPS) is 11.0. The number of nitrogens with one attached hydrogen (secondary N) is 1. The lowest BCUT2D eigenvalue weighted by Crippen LogP contribution is -2.34. The van der Waals surface area contributed by atoms with Gasteiger partial charge in [-0.25, -0.2) is 13.6 Å². The summed E-state index contributed by atoms with van der Waals surface area (Å²) in [5.41, 5.74) is 0.857. The Labute approximate surface area is 102 Å². The lowest BCUT2D eigenvalue weighted by Gasteiger charge is -2.19. The van der Waals surface area contributed by atoms with Crippen LogP contribution in [0.3, 0.4) is 0 Å². The zero-order valence-electron chi connectivity index (χ0n) is 10.0. The number of hydrogen-bond acceptors (Lipinski definition) is 3. The molecule has 0 atom stereocenters. The summed E-state index contributed by atoms with van der Waals surface area (Å²) in [6, 6.07) is 1.27. The van der Waals surface area contributed by atoms with E-state index in [4.69, 9.17) is 4.74 Å². The number of benzene rings is 1. The molecule has 1 amide bonds. The van der Waals surface area contributed by atoms with Gasteiger partial charge in [-0.2, -0.15) is 9.87 Å². The fraction of sp³-hybridized carbons (Fsp3) is 0.364. The van der Waals surface area contributed by atoms with Crippen molar-refractivity contribution in [2.24, 2.45) is 0 Å². The van der Waals surface area contributed by atoms with Gasteiger partial charge in [-0.3, -0.25) is 0 Å². The molecule has 0 saturated heterocycles. The van der Waals surface area contributed by atoms with Gasteiger partial charge in [0.25, 0.3) is 0 Å². The molecule has 100 valence electrons. The van der Waals surface area contributed by atoms with E-state index in [9.17, 15) is 18.0 Å². The molecule has 4 nitrogen and oxygen atoms in total. The molecule has 0 aliphatic heterocycles. The van der Waals surface area contributed by atoms with E-state index in [-0.39, 0.29) is 0 Å². The summed E-state index contributed by atoms with van der Waals surface area (Å²) >= 11 is 0. The average Bonchev–Trinajstić information content (AvgIpc) is 2.21. The van der Waals surface area contributed by atoms with Crippen LogP contribution >= 0.6 is 0 Å². The van der Waals surface area contributed by atoms with E-state index >= 15 is 0 Å². The van der Waals surface area contributed by atoms with E-state index in [2.05, 4.69) is 4.84 Å². The molecular weight excluding hydrogens is 251 g/mol. The molecule has 0 unspecified atom stereocenters. The molecule has 18 heavy (non-hydrogen) atoms. The molecule has 0 fully saturated rings. The highest BCUT2D eigenvalue weighted by molar-refractivity contribution is 5.66. The van der Waals surface area contributed by atoms with Gasteiger partial charge in [-0.05, 0) is 32.9 Å². The molecule has 0 aliphatic rings. The summed E-state index contributed by atoms with van der Waals surface area (Å²) in [7, 11) is 0. The fourth-order valence-electron chi connectivity index (χ4n) is 0.994. The minimum Gasteiger partial charge on any atom is -0.442 e. The third-order valence-electron chi connectivity index (χ3n) is 1.64. The number of halogens is 3. The van der Waals surface area contributed by atoms with E-state index < -0.39 is 34.9 Å². The van der Waals surface area contributed by atoms with Gasteiger partial charge in [0.15, 0.2) is 11.6 Å². The molecule has 0 radical (unpaired) electrons. The van der Waals surface area contributed by atoms with Crippen molar-refractivity contribution in [1.82, 2.24) is 5.48 Å². The number of carbonyl (C=O) groups is 1. The van der Waals surface area contributed by atoms with Gasteiger partial charge < -0.3 is 9.57 Å². The van der Waals surface area contributed by atoms with Gasteiger partial charge in [-0.1, -0.05) is 0 Å². The summed E-state index contributed by atoms with van der Waals surface area (Å²) in [6.07, 6.45) is -1.05. The summed E-state index contributed by atoms with van der Waals surface area (Å²) in [4.78, 5) is 15.5. The van der Waals surface area contributed by atoms with E-state index in [1.54, 1.807) is 26.3 Å². The second kappa shape index (κ2) is 5.16. The maximum atomic E-state index is 13.1. The van der Waals surface area contributed by atoms with Gasteiger partial charge in [0.2, 0.25) is 11.6 Å². The predicted molar refractivity (Wildman–Crippen MR) is 56.3 cm³/mol. The highest BCUT2D eigenvalue weighted by Crippen LogP contribution is 2.22. The minimum atomic E-state index is -1.54. The van der Waals surface area contributed by atoms with Crippen molar-refractivity contribution in [2.45, 2.75) is 26.4 Å². The SMILES string of the molecule is CC(C)(C)OC(=O)NOc1c(F)ccc(F)c1F. The van der Waals surface area contributed by atoms with Crippen molar-refractivity contribution in [3.8, 4) is 5.75 Å². The van der Waals surface area contributed by atoms with Crippen molar-refractivity contribution in [1.29, 1.82) is 0 Å². The van der Waals surface area contributed by atoms with Crippen molar-refractivity contribution in [3.05, 3.63) is 29.6 Å². The fourth-order valence-corrected chi connectivity index (χ4v) is 0.994. The first-order chi connectivity index (χ1) is 8.20. The monoisotopic (exact) mass is 263 g/mol. The average molecular weight is 263 g/mol. The molecule has 0 spiro atoms. The highest BCUT2D eigenvalue weighted by atomic mass is 19.2. The zero-order chi connectivity index (χ0) is 13.9. The third kappa shape index (κ3) is 3.83. The molecule has 1 rings (SSSR count). The van der Waals surface area contributed by atoms with E-state index in [0.29, 0.717) is 12.1 Å². The van der Waals surface area contributed by atoms with Crippen LogP contribution in [0.5, 0.6) is 5.75 Å². The zero-order valence-corrected chi connectivity index (χ0v) is 10.0. The van der Waals surface area contributed by atoms with Crippen molar-refractivity contribution in [3.63, 3.8) is 0 Å². The van der Waals surface area contributed by atoms with Crippen LogP contribution in [0.1, 0.15) is 20.8 Å². The van der Waals surface area contributed by atoms with Crippen LogP contribution in [0, 0.1) is 17.5 Å². The Morgan fingerprint density at radius 2 is 1.72 bits per heavy atom. The van der Waals surface area contributed by atoms with Gasteiger partial charge in [0, 0.05) is 0 Å². The Morgan fingerprint density at radius 3 is 2.28 bits per heavy atom. The summed E-state index contributed by atoms with van der Waals surface area (Å²) in [5, 5.41) is 0. The van der Waals surface area contributed by atoms with E-state index in [1.165, 1.54) is 0 Å². The first kappa shape index (κ1) is 14.1. The molecule has 0 heterocycles. The summed E-state index contributed by atoms with van der Waals surface area (Å²) < 4.78 is 43.8. The van der Waals surface area contributed by atoms with Crippen LogP contribution in [0.4, 0.5) is 18.0 Å². The predicted octanol–water partition coefficient (Wildman–Crippen LogP) is 2.92. The molecule has 1 N–H and O–H groups in total. The summed E-state index contributed by atoms with van der Waals surface area (Å²) in [6.45, 7) is 4.78. The Bertz CT molecular complexity index is 458. The van der Waals surface area contributed by atoms with Crippen LogP contribution in [0.25, 0.3) is 0 Å². The second-order valence-electron chi connectivity index (χ2n) is 4.38. The lowest BCUT2D eigenvalue weighted by molar-refractivity contribution is 0.0271. The molecule has 1 aromatic carbocycles. The highest BCUT2D eigenvalue weighted by Gasteiger charge is 2.20. The Morgan fingerprint density at radius 1 is 1.17 bits per heavy atom. The standard InChI is InChI=1S/C11H12F3NO3/c1-11(2,3)17-10(16)15-18-9-7(13)5-4-6(12)8(9)14/h4-5H,1-3H3,(H,15,16). The number of amides is 1. The van der Waals surface area contributed by atoms with Crippen LogP contribution in [-0.2, 0) is 4.74 Å². The number of hydrogen-bond donors (Lipinski definition) is 1. The lowest BCUT2D eigenvalue weighted by atomic mass is 10.2. The largest absolute Gasteiger partial charge is 0.442 e. The van der Waals surface area contributed by atoms with Crippen LogP contribution < -0.4 is 10.3 Å². The van der Waals surface area contributed by atoms with Crippen LogP contribution in [0.2, 0.25) is 0 Å². The second-order valence-corrected chi connectivity index (χ2v) is 4.38. The van der Waals surface area contributed by atoms with Gasteiger partial charge in [0.1, 0.15) is 5.60 Å². The first-order valence-electron chi connectivity index (χ1n) is 5.00. The van der Waals surface area contributed by atoms with Gasteiger partial charge >= 0.3 is 6.09 Å². The number of carbonyl (C=O) groups excluding carboxylic acids is 1. The molecule has 7 heteroatoms. The Kier molecular flexibility index (Phi) is 4.05. The molecule has 0 aliphatic carbocycles. The minimum absolute atomic E-state index is 0.602. The quantitative estimate of drug-likeness (QED) is 0.659.